The number of nitrogens with one attached hydrogen (secondary N) is 1. The van der Waals surface area contributed by atoms with E-state index in [-0.39, 0.29) is 23.0 Å². The van der Waals surface area contributed by atoms with Gasteiger partial charge in [-0.25, -0.2) is 0 Å². The maximum absolute atomic E-state index is 12.0. The second-order valence-corrected chi connectivity index (χ2v) is 5.03. The largest absolute Gasteiger partial charge is 0.504 e. The van der Waals surface area contributed by atoms with E-state index in [0.29, 0.717) is 12.5 Å². The zero-order valence-corrected chi connectivity index (χ0v) is 11.9. The molecule has 1 amide bonds. The third-order valence-electron chi connectivity index (χ3n) is 3.49. The smallest absolute Gasteiger partial charge is 0.255 e. The van der Waals surface area contributed by atoms with Gasteiger partial charge >= 0.3 is 0 Å². The molecule has 0 aliphatic carbocycles. The molecule has 2 rings (SSSR count). The third kappa shape index (κ3) is 3.75. The molecule has 0 bridgehead atoms. The molecule has 0 radical (unpaired) electrons. The molecule has 2 aromatic carbocycles. The fourth-order valence-corrected chi connectivity index (χ4v) is 2.16. The van der Waals surface area contributed by atoms with Gasteiger partial charge in [0.2, 0.25) is 0 Å². The first-order valence-corrected chi connectivity index (χ1v) is 6.93. The first kappa shape index (κ1) is 14.9. The van der Waals surface area contributed by atoms with Gasteiger partial charge in [0.15, 0.2) is 11.5 Å². The highest BCUT2D eigenvalue weighted by atomic mass is 16.3. The molecule has 4 nitrogen and oxygen atoms in total. The predicted octanol–water partition coefficient (Wildman–Crippen LogP) is 3.02. The van der Waals surface area contributed by atoms with Crippen molar-refractivity contribution < 1.29 is 15.0 Å². The van der Waals surface area contributed by atoms with Gasteiger partial charge in [0.25, 0.3) is 5.91 Å². The second-order valence-electron chi connectivity index (χ2n) is 5.03. The van der Waals surface area contributed by atoms with Gasteiger partial charge in [-0.1, -0.05) is 43.3 Å². The van der Waals surface area contributed by atoms with E-state index in [1.54, 1.807) is 0 Å². The molecule has 4 heteroatoms. The van der Waals surface area contributed by atoms with E-state index < -0.39 is 0 Å². The van der Waals surface area contributed by atoms with E-state index >= 15 is 0 Å². The summed E-state index contributed by atoms with van der Waals surface area (Å²) in [5.41, 5.74) is 1.31. The van der Waals surface area contributed by atoms with Crippen LogP contribution in [0.3, 0.4) is 0 Å². The van der Waals surface area contributed by atoms with Crippen LogP contribution in [0.1, 0.15) is 35.2 Å². The van der Waals surface area contributed by atoms with Crippen molar-refractivity contribution in [3.63, 3.8) is 0 Å². The van der Waals surface area contributed by atoms with Crippen LogP contribution in [0.2, 0.25) is 0 Å². The SMILES string of the molecule is CC(CCNC(=O)c1cccc(O)c1O)c1ccccc1. The maximum atomic E-state index is 12.0. The van der Waals surface area contributed by atoms with Crippen molar-refractivity contribution in [2.24, 2.45) is 0 Å². The molecule has 0 saturated carbocycles. The molecule has 0 heterocycles. The van der Waals surface area contributed by atoms with Gasteiger partial charge < -0.3 is 15.5 Å². The summed E-state index contributed by atoms with van der Waals surface area (Å²) >= 11 is 0. The number of phenols is 2. The molecule has 2 aromatic rings. The minimum atomic E-state index is -0.385. The standard InChI is InChI=1S/C17H19NO3/c1-12(13-6-3-2-4-7-13)10-11-18-17(21)14-8-5-9-15(19)16(14)20/h2-9,12,19-20H,10-11H2,1H3,(H,18,21). The number of hydrogen-bond acceptors (Lipinski definition) is 3. The van der Waals surface area contributed by atoms with Crippen LogP contribution in [-0.4, -0.2) is 22.7 Å². The number of carbonyl (C=O) groups is 1. The van der Waals surface area contributed by atoms with E-state index in [1.165, 1.54) is 23.8 Å². The van der Waals surface area contributed by atoms with Crippen LogP contribution in [-0.2, 0) is 0 Å². The summed E-state index contributed by atoms with van der Waals surface area (Å²) in [5, 5.41) is 21.8. The number of rotatable bonds is 5. The Hall–Kier alpha value is -2.49. The quantitative estimate of drug-likeness (QED) is 0.740. The minimum Gasteiger partial charge on any atom is -0.504 e. The summed E-state index contributed by atoms with van der Waals surface area (Å²) in [6, 6.07) is 14.4. The van der Waals surface area contributed by atoms with E-state index in [1.807, 2.05) is 18.2 Å². The lowest BCUT2D eigenvalue weighted by Crippen LogP contribution is -2.25. The van der Waals surface area contributed by atoms with Crippen molar-refractivity contribution >= 4 is 5.91 Å². The topological polar surface area (TPSA) is 69.6 Å². The fraction of sp³-hybridized carbons (Fsp3) is 0.235. The van der Waals surface area contributed by atoms with Gasteiger partial charge in [-0.2, -0.15) is 0 Å². The number of carbonyl (C=O) groups excluding carboxylic acids is 1. The highest BCUT2D eigenvalue weighted by Gasteiger charge is 2.13. The van der Waals surface area contributed by atoms with Gasteiger partial charge in [-0.15, -0.1) is 0 Å². The number of hydrogen-bond donors (Lipinski definition) is 3. The van der Waals surface area contributed by atoms with Crippen molar-refractivity contribution in [3.05, 3.63) is 59.7 Å². The van der Waals surface area contributed by atoms with Crippen molar-refractivity contribution in [2.45, 2.75) is 19.3 Å². The monoisotopic (exact) mass is 285 g/mol. The molecule has 21 heavy (non-hydrogen) atoms. The van der Waals surface area contributed by atoms with Crippen LogP contribution >= 0.6 is 0 Å². The van der Waals surface area contributed by atoms with Crippen LogP contribution in [0.25, 0.3) is 0 Å². The highest BCUT2D eigenvalue weighted by molar-refractivity contribution is 5.97. The minimum absolute atomic E-state index is 0.0855. The summed E-state index contributed by atoms with van der Waals surface area (Å²) in [4.78, 5) is 12.0. The summed E-state index contributed by atoms with van der Waals surface area (Å²) in [5.74, 6) is -0.723. The zero-order chi connectivity index (χ0) is 15.2. The van der Waals surface area contributed by atoms with Crippen LogP contribution in [0.15, 0.2) is 48.5 Å². The van der Waals surface area contributed by atoms with Gasteiger partial charge in [-0.05, 0) is 30.0 Å². The fourth-order valence-electron chi connectivity index (χ4n) is 2.16. The Balaban J connectivity index is 1.89. The van der Waals surface area contributed by atoms with Crippen molar-refractivity contribution in [1.29, 1.82) is 0 Å². The predicted molar refractivity (Wildman–Crippen MR) is 81.6 cm³/mol. The number of aromatic hydroxyl groups is 2. The van der Waals surface area contributed by atoms with Crippen LogP contribution in [0, 0.1) is 0 Å². The van der Waals surface area contributed by atoms with Crippen molar-refractivity contribution in [1.82, 2.24) is 5.32 Å². The zero-order valence-electron chi connectivity index (χ0n) is 11.9. The Bertz CT molecular complexity index is 611. The highest BCUT2D eigenvalue weighted by Crippen LogP contribution is 2.28. The Labute approximate surface area is 124 Å². The molecule has 1 atom stereocenters. The lowest BCUT2D eigenvalue weighted by atomic mass is 9.98. The van der Waals surface area contributed by atoms with Crippen molar-refractivity contribution in [2.75, 3.05) is 6.54 Å². The van der Waals surface area contributed by atoms with Crippen LogP contribution in [0.5, 0.6) is 11.5 Å². The molecule has 0 aliphatic heterocycles. The maximum Gasteiger partial charge on any atom is 0.255 e. The van der Waals surface area contributed by atoms with Crippen LogP contribution in [0.4, 0.5) is 0 Å². The Morgan fingerprint density at radius 3 is 2.52 bits per heavy atom. The first-order chi connectivity index (χ1) is 10.1. The lowest BCUT2D eigenvalue weighted by molar-refractivity contribution is 0.0949. The molecule has 0 saturated heterocycles. The Morgan fingerprint density at radius 2 is 1.81 bits per heavy atom. The van der Waals surface area contributed by atoms with E-state index in [0.717, 1.165) is 6.42 Å². The molecule has 0 spiro atoms. The van der Waals surface area contributed by atoms with E-state index in [4.69, 9.17) is 0 Å². The number of benzene rings is 2. The van der Waals surface area contributed by atoms with Gasteiger partial charge in [0.1, 0.15) is 0 Å². The molecule has 1 unspecified atom stereocenters. The summed E-state index contributed by atoms with van der Waals surface area (Å²) in [6.45, 7) is 2.61. The third-order valence-corrected chi connectivity index (χ3v) is 3.49. The number of para-hydroxylation sites is 1. The average molecular weight is 285 g/mol. The average Bonchev–Trinajstić information content (AvgIpc) is 2.50. The summed E-state index contributed by atoms with van der Waals surface area (Å²) in [7, 11) is 0. The van der Waals surface area contributed by atoms with Gasteiger partial charge in [0, 0.05) is 6.54 Å². The van der Waals surface area contributed by atoms with Crippen molar-refractivity contribution in [3.8, 4) is 11.5 Å². The molecular weight excluding hydrogens is 266 g/mol. The van der Waals surface area contributed by atoms with Gasteiger partial charge in [-0.3, -0.25) is 4.79 Å². The summed E-state index contributed by atoms with van der Waals surface area (Å²) in [6.07, 6.45) is 0.801. The number of phenolic OH excluding ortho intramolecular Hbond substituents is 2. The van der Waals surface area contributed by atoms with Crippen LogP contribution < -0.4 is 5.32 Å². The molecule has 110 valence electrons. The normalized spacial score (nSPS) is 11.9. The summed E-state index contributed by atoms with van der Waals surface area (Å²) < 4.78 is 0. The first-order valence-electron chi connectivity index (χ1n) is 6.93. The molecular formula is C17H19NO3. The molecule has 0 aliphatic rings. The number of amides is 1. The molecule has 0 fully saturated rings. The molecule has 3 N–H and O–H groups in total. The Kier molecular flexibility index (Phi) is 4.82. The Morgan fingerprint density at radius 1 is 1.10 bits per heavy atom. The van der Waals surface area contributed by atoms with E-state index in [9.17, 15) is 15.0 Å². The van der Waals surface area contributed by atoms with Gasteiger partial charge in [0.05, 0.1) is 5.56 Å². The second kappa shape index (κ2) is 6.79. The lowest BCUT2D eigenvalue weighted by Gasteiger charge is -2.13. The van der Waals surface area contributed by atoms with E-state index in [2.05, 4.69) is 24.4 Å². The molecule has 0 aromatic heterocycles.